The minimum atomic E-state index is -0.371. The number of nitrogens with zero attached hydrogens (tertiary/aromatic N) is 1. The number of carbonyl (C=O) groups is 1. The molecule has 4 heteroatoms. The highest BCUT2D eigenvalue weighted by molar-refractivity contribution is 5.93. The Balaban J connectivity index is 2.34. The smallest absolute Gasteiger partial charge is 0.248 e. The van der Waals surface area contributed by atoms with Gasteiger partial charge in [-0.05, 0) is 70.6 Å². The highest BCUT2D eigenvalue weighted by Crippen LogP contribution is 2.10. The molecule has 0 aliphatic heterocycles. The van der Waals surface area contributed by atoms with E-state index in [2.05, 4.69) is 31.1 Å². The fraction of sp³-hybridized carbons (Fsp3) is 0.562. The molecule has 0 saturated carbocycles. The zero-order chi connectivity index (χ0) is 15.1. The molecule has 0 atom stereocenters. The zero-order valence-corrected chi connectivity index (χ0v) is 13.1. The first-order valence-corrected chi connectivity index (χ1v) is 7.22. The second kappa shape index (κ2) is 8.02. The van der Waals surface area contributed by atoms with E-state index in [9.17, 15) is 4.79 Å². The molecule has 0 heterocycles. The summed E-state index contributed by atoms with van der Waals surface area (Å²) in [6.45, 7) is 9.35. The largest absolute Gasteiger partial charge is 0.366 e. The van der Waals surface area contributed by atoms with Gasteiger partial charge >= 0.3 is 0 Å². The number of rotatable bonds is 8. The third-order valence-corrected chi connectivity index (χ3v) is 3.69. The van der Waals surface area contributed by atoms with E-state index < -0.39 is 0 Å². The lowest BCUT2D eigenvalue weighted by molar-refractivity contribution is 0.1000. The predicted octanol–water partition coefficient (Wildman–Crippen LogP) is 1.91. The van der Waals surface area contributed by atoms with Crippen molar-refractivity contribution < 1.29 is 4.79 Å². The summed E-state index contributed by atoms with van der Waals surface area (Å²) in [4.78, 5) is 13.4. The monoisotopic (exact) mass is 277 g/mol. The van der Waals surface area contributed by atoms with E-state index in [1.807, 2.05) is 19.1 Å². The van der Waals surface area contributed by atoms with Crippen LogP contribution < -0.4 is 11.1 Å². The van der Waals surface area contributed by atoms with Gasteiger partial charge in [-0.25, -0.2) is 0 Å². The maximum absolute atomic E-state index is 11.1. The van der Waals surface area contributed by atoms with Crippen molar-refractivity contribution in [2.24, 2.45) is 5.73 Å². The Kier molecular flexibility index (Phi) is 6.68. The van der Waals surface area contributed by atoms with Gasteiger partial charge in [-0.1, -0.05) is 6.07 Å². The van der Waals surface area contributed by atoms with Gasteiger partial charge in [0.25, 0.3) is 0 Å². The summed E-state index contributed by atoms with van der Waals surface area (Å²) < 4.78 is 0. The first-order valence-electron chi connectivity index (χ1n) is 7.22. The summed E-state index contributed by atoms with van der Waals surface area (Å²) in [5.74, 6) is -0.371. The predicted molar refractivity (Wildman–Crippen MR) is 83.8 cm³/mol. The Morgan fingerprint density at radius 3 is 2.65 bits per heavy atom. The Bertz CT molecular complexity index is 443. The van der Waals surface area contributed by atoms with Crippen molar-refractivity contribution in [3.8, 4) is 0 Å². The number of amides is 1. The number of primary amides is 1. The Morgan fingerprint density at radius 2 is 2.10 bits per heavy atom. The maximum atomic E-state index is 11.1. The third kappa shape index (κ3) is 5.31. The van der Waals surface area contributed by atoms with Crippen LogP contribution in [0.2, 0.25) is 0 Å². The summed E-state index contributed by atoms with van der Waals surface area (Å²) >= 11 is 0. The average Bonchev–Trinajstić information content (AvgIpc) is 2.39. The molecular weight excluding hydrogens is 250 g/mol. The fourth-order valence-electron chi connectivity index (χ4n) is 1.98. The van der Waals surface area contributed by atoms with Crippen molar-refractivity contribution in [1.29, 1.82) is 0 Å². The number of benzene rings is 1. The zero-order valence-electron chi connectivity index (χ0n) is 13.1. The molecule has 0 fully saturated rings. The van der Waals surface area contributed by atoms with Gasteiger partial charge in [0.1, 0.15) is 0 Å². The van der Waals surface area contributed by atoms with E-state index >= 15 is 0 Å². The molecule has 0 bridgehead atoms. The molecular formula is C16H27N3O. The summed E-state index contributed by atoms with van der Waals surface area (Å²) in [5.41, 5.74) is 8.16. The number of hydrogen-bond donors (Lipinski definition) is 2. The highest BCUT2D eigenvalue weighted by atomic mass is 16.1. The van der Waals surface area contributed by atoms with Gasteiger partial charge in [0.2, 0.25) is 5.91 Å². The molecule has 0 spiro atoms. The number of hydrogen-bond acceptors (Lipinski definition) is 3. The molecule has 1 aromatic carbocycles. The Labute approximate surface area is 122 Å². The fourth-order valence-corrected chi connectivity index (χ4v) is 1.98. The van der Waals surface area contributed by atoms with E-state index in [-0.39, 0.29) is 5.91 Å². The van der Waals surface area contributed by atoms with Crippen molar-refractivity contribution in [1.82, 2.24) is 10.2 Å². The van der Waals surface area contributed by atoms with Crippen LogP contribution in [0.15, 0.2) is 18.2 Å². The number of carbonyl (C=O) groups excluding carboxylic acids is 1. The molecule has 112 valence electrons. The lowest BCUT2D eigenvalue weighted by Crippen LogP contribution is -2.29. The van der Waals surface area contributed by atoms with Gasteiger partial charge < -0.3 is 16.0 Å². The van der Waals surface area contributed by atoms with Gasteiger partial charge in [0, 0.05) is 18.2 Å². The van der Waals surface area contributed by atoms with Crippen molar-refractivity contribution in [3.05, 3.63) is 34.9 Å². The topological polar surface area (TPSA) is 58.4 Å². The molecule has 0 unspecified atom stereocenters. The molecule has 1 aromatic rings. The van der Waals surface area contributed by atoms with E-state index in [0.717, 1.165) is 31.6 Å². The van der Waals surface area contributed by atoms with Crippen LogP contribution in [0.25, 0.3) is 0 Å². The van der Waals surface area contributed by atoms with E-state index in [1.165, 1.54) is 5.56 Å². The second-order valence-electron chi connectivity index (χ2n) is 5.61. The van der Waals surface area contributed by atoms with Gasteiger partial charge in [-0.15, -0.1) is 0 Å². The van der Waals surface area contributed by atoms with Gasteiger partial charge in [0.15, 0.2) is 0 Å². The number of aryl methyl sites for hydroxylation is 1. The summed E-state index contributed by atoms with van der Waals surface area (Å²) in [5, 5.41) is 3.44. The molecule has 0 aliphatic carbocycles. The first-order chi connectivity index (χ1) is 9.41. The lowest BCUT2D eigenvalue weighted by atomic mass is 10.0. The first kappa shape index (κ1) is 16.7. The lowest BCUT2D eigenvalue weighted by Gasteiger charge is -2.20. The number of nitrogens with one attached hydrogen (secondary N) is 1. The van der Waals surface area contributed by atoms with Crippen molar-refractivity contribution in [2.75, 3.05) is 20.1 Å². The minimum absolute atomic E-state index is 0.371. The van der Waals surface area contributed by atoms with Crippen molar-refractivity contribution >= 4 is 5.91 Å². The quantitative estimate of drug-likeness (QED) is 0.714. The van der Waals surface area contributed by atoms with Gasteiger partial charge in [-0.2, -0.15) is 0 Å². The second-order valence-corrected chi connectivity index (χ2v) is 5.61. The molecule has 4 nitrogen and oxygen atoms in total. The Morgan fingerprint density at radius 1 is 1.40 bits per heavy atom. The average molecular weight is 277 g/mol. The minimum Gasteiger partial charge on any atom is -0.366 e. The molecule has 3 N–H and O–H groups in total. The Hall–Kier alpha value is -1.39. The van der Waals surface area contributed by atoms with Crippen LogP contribution in [-0.4, -0.2) is 37.0 Å². The van der Waals surface area contributed by atoms with Crippen LogP contribution in [-0.2, 0) is 6.54 Å². The van der Waals surface area contributed by atoms with Gasteiger partial charge in [0.05, 0.1) is 0 Å². The molecule has 1 rings (SSSR count). The summed E-state index contributed by atoms with van der Waals surface area (Å²) in [7, 11) is 2.15. The van der Waals surface area contributed by atoms with Crippen molar-refractivity contribution in [3.63, 3.8) is 0 Å². The molecule has 0 saturated heterocycles. The number of nitrogens with two attached hydrogens (primary N) is 1. The van der Waals surface area contributed by atoms with Crippen LogP contribution >= 0.6 is 0 Å². The summed E-state index contributed by atoms with van der Waals surface area (Å²) in [6, 6.07) is 6.21. The third-order valence-electron chi connectivity index (χ3n) is 3.69. The molecule has 0 aromatic heterocycles. The van der Waals surface area contributed by atoms with Gasteiger partial charge in [-0.3, -0.25) is 4.79 Å². The molecule has 20 heavy (non-hydrogen) atoms. The summed E-state index contributed by atoms with van der Waals surface area (Å²) in [6.07, 6.45) is 1.13. The molecule has 1 amide bonds. The van der Waals surface area contributed by atoms with Crippen LogP contribution in [0.3, 0.4) is 0 Å². The van der Waals surface area contributed by atoms with Crippen LogP contribution in [0.4, 0.5) is 0 Å². The molecule has 0 aliphatic rings. The standard InChI is InChI=1S/C16H27N3O/c1-12(2)19(4)9-5-8-18-11-15-7-6-14(16(17)20)10-13(15)3/h6-7,10,12,18H,5,8-9,11H2,1-4H3,(H2,17,20). The van der Waals surface area contributed by atoms with Crippen LogP contribution in [0.1, 0.15) is 41.8 Å². The molecule has 0 radical (unpaired) electrons. The van der Waals surface area contributed by atoms with E-state index in [1.54, 1.807) is 6.07 Å². The SMILES string of the molecule is Cc1cc(C(N)=O)ccc1CNCCCN(C)C(C)C. The van der Waals surface area contributed by atoms with Crippen LogP contribution in [0, 0.1) is 6.92 Å². The highest BCUT2D eigenvalue weighted by Gasteiger charge is 2.04. The van der Waals surface area contributed by atoms with Crippen LogP contribution in [0.5, 0.6) is 0 Å². The normalized spacial score (nSPS) is 11.3. The van der Waals surface area contributed by atoms with E-state index in [4.69, 9.17) is 5.73 Å². The van der Waals surface area contributed by atoms with Crippen molar-refractivity contribution in [2.45, 2.75) is 39.8 Å². The maximum Gasteiger partial charge on any atom is 0.248 e. The van der Waals surface area contributed by atoms with E-state index in [0.29, 0.717) is 11.6 Å².